The zero-order valence-corrected chi connectivity index (χ0v) is 16.0. The quantitative estimate of drug-likeness (QED) is 0.590. The molecule has 0 spiro atoms. The van der Waals surface area contributed by atoms with Crippen molar-refractivity contribution in [2.45, 2.75) is 51.8 Å². The molecule has 3 rings (SSSR count). The second kappa shape index (κ2) is 10.4. The first-order chi connectivity index (χ1) is 13.6. The third-order valence-corrected chi connectivity index (χ3v) is 4.96. The van der Waals surface area contributed by atoms with Crippen molar-refractivity contribution in [3.8, 4) is 5.75 Å². The lowest BCUT2D eigenvalue weighted by Gasteiger charge is -2.37. The lowest BCUT2D eigenvalue weighted by molar-refractivity contribution is -0.283. The van der Waals surface area contributed by atoms with Crippen LogP contribution in [0.4, 0.5) is 13.2 Å². The predicted molar refractivity (Wildman–Crippen MR) is 94.5 cm³/mol. The topological polar surface area (TPSA) is 46.2 Å². The molecule has 0 atom stereocenters. The van der Waals surface area contributed by atoms with Crippen LogP contribution < -0.4 is 4.74 Å². The van der Waals surface area contributed by atoms with E-state index in [2.05, 4.69) is 11.7 Å². The second-order valence-electron chi connectivity index (χ2n) is 7.22. The van der Waals surface area contributed by atoms with Gasteiger partial charge in [0.15, 0.2) is 24.1 Å². The Morgan fingerprint density at radius 1 is 1.04 bits per heavy atom. The molecule has 2 heterocycles. The summed E-state index contributed by atoms with van der Waals surface area (Å²) in [7, 11) is 0. The average molecular weight is 404 g/mol. The number of halogens is 3. The summed E-state index contributed by atoms with van der Waals surface area (Å²) in [5.41, 5.74) is 0.402. The van der Waals surface area contributed by atoms with E-state index in [1.807, 2.05) is 0 Å². The molecule has 1 aromatic rings. The highest BCUT2D eigenvalue weighted by atomic mass is 19.3. The normalized spacial score (nSPS) is 28.5. The average Bonchev–Trinajstić information content (AvgIpc) is 2.70. The van der Waals surface area contributed by atoms with Gasteiger partial charge in [0.05, 0.1) is 32.3 Å². The van der Waals surface area contributed by atoms with Crippen molar-refractivity contribution in [2.24, 2.45) is 11.8 Å². The van der Waals surface area contributed by atoms with Gasteiger partial charge in [0.25, 0.3) is 0 Å². The van der Waals surface area contributed by atoms with E-state index in [1.165, 1.54) is 25.3 Å². The zero-order valence-electron chi connectivity index (χ0n) is 16.0. The summed E-state index contributed by atoms with van der Waals surface area (Å²) in [5.74, 6) is -1.04. The molecule has 158 valence electrons. The number of alkyl halides is 2. The van der Waals surface area contributed by atoms with Gasteiger partial charge in [-0.2, -0.15) is 8.78 Å². The maximum absolute atomic E-state index is 13.9. The molecule has 1 aromatic carbocycles. The van der Waals surface area contributed by atoms with Crippen molar-refractivity contribution in [1.29, 1.82) is 0 Å². The molecule has 0 unspecified atom stereocenters. The Balaban J connectivity index is 1.44. The fraction of sp³-hybridized carbons (Fsp3) is 0.700. The van der Waals surface area contributed by atoms with Crippen LogP contribution in [-0.2, 0) is 18.9 Å². The van der Waals surface area contributed by atoms with Crippen molar-refractivity contribution < 1.29 is 36.9 Å². The smallest absolute Gasteiger partial charge is 0.387 e. The van der Waals surface area contributed by atoms with Gasteiger partial charge in [-0.1, -0.05) is 32.3 Å². The molecule has 5 nitrogen and oxygen atoms in total. The van der Waals surface area contributed by atoms with Gasteiger partial charge in [-0.25, -0.2) is 4.39 Å². The molecule has 2 saturated heterocycles. The first-order valence-electron chi connectivity index (χ1n) is 9.77. The molecular formula is C20H27F3O5. The van der Waals surface area contributed by atoms with Gasteiger partial charge in [0, 0.05) is 11.5 Å². The molecule has 2 fully saturated rings. The van der Waals surface area contributed by atoms with Crippen LogP contribution in [0, 0.1) is 17.7 Å². The summed E-state index contributed by atoms with van der Waals surface area (Å²) in [6.45, 7) is 1.13. The molecule has 0 aromatic heterocycles. The Morgan fingerprint density at radius 2 is 1.75 bits per heavy atom. The van der Waals surface area contributed by atoms with Crippen LogP contribution >= 0.6 is 0 Å². The fourth-order valence-corrected chi connectivity index (χ4v) is 3.40. The van der Waals surface area contributed by atoms with Crippen molar-refractivity contribution in [2.75, 3.05) is 26.4 Å². The van der Waals surface area contributed by atoms with E-state index in [1.54, 1.807) is 0 Å². The van der Waals surface area contributed by atoms with Crippen molar-refractivity contribution in [3.05, 3.63) is 29.6 Å². The summed E-state index contributed by atoms with van der Waals surface area (Å²) in [6.07, 6.45) is 3.58. The lowest BCUT2D eigenvalue weighted by atomic mass is 10.0. The largest absolute Gasteiger partial charge is 0.432 e. The van der Waals surface area contributed by atoms with Crippen molar-refractivity contribution >= 4 is 0 Å². The van der Waals surface area contributed by atoms with Gasteiger partial charge < -0.3 is 23.7 Å². The summed E-state index contributed by atoms with van der Waals surface area (Å²) < 4.78 is 65.4. The standard InChI is InChI=1S/C20H27F3O5/c1-2-3-4-5-13-9-24-19(25-10-13)15-11-26-18(27-12-15)14-6-7-17(16(21)8-14)28-20(22)23/h6-8,13,15,18-20H,2-5,9-12H2,1H3. The highest BCUT2D eigenvalue weighted by Gasteiger charge is 2.34. The fourth-order valence-electron chi connectivity index (χ4n) is 3.40. The molecule has 2 aliphatic heterocycles. The predicted octanol–water partition coefficient (Wildman–Crippen LogP) is 4.66. The monoisotopic (exact) mass is 404 g/mol. The van der Waals surface area contributed by atoms with Crippen LogP contribution in [0.5, 0.6) is 5.75 Å². The van der Waals surface area contributed by atoms with Crippen LogP contribution in [-0.4, -0.2) is 39.3 Å². The highest BCUT2D eigenvalue weighted by Crippen LogP contribution is 2.31. The van der Waals surface area contributed by atoms with Gasteiger partial charge in [-0.05, 0) is 18.6 Å². The van der Waals surface area contributed by atoms with E-state index in [0.29, 0.717) is 37.9 Å². The maximum atomic E-state index is 13.9. The highest BCUT2D eigenvalue weighted by molar-refractivity contribution is 5.30. The molecule has 0 aliphatic carbocycles. The van der Waals surface area contributed by atoms with E-state index in [0.717, 1.165) is 18.6 Å². The van der Waals surface area contributed by atoms with Crippen molar-refractivity contribution in [3.63, 3.8) is 0 Å². The maximum Gasteiger partial charge on any atom is 0.387 e. The molecular weight excluding hydrogens is 377 g/mol. The van der Waals surface area contributed by atoms with E-state index in [9.17, 15) is 13.2 Å². The number of rotatable bonds is 8. The Hall–Kier alpha value is -1.35. The lowest BCUT2D eigenvalue weighted by Crippen LogP contribution is -2.43. The Labute approximate surface area is 163 Å². The van der Waals surface area contributed by atoms with E-state index in [4.69, 9.17) is 18.9 Å². The van der Waals surface area contributed by atoms with E-state index < -0.39 is 24.5 Å². The SMILES string of the molecule is CCCCCC1COC(C2COC(c3ccc(OC(F)F)c(F)c3)OC2)OC1. The van der Waals surface area contributed by atoms with Gasteiger partial charge in [-0.3, -0.25) is 0 Å². The summed E-state index contributed by atoms with van der Waals surface area (Å²) in [6, 6.07) is 3.67. The number of benzene rings is 1. The summed E-state index contributed by atoms with van der Waals surface area (Å²) in [4.78, 5) is 0. The number of ether oxygens (including phenoxy) is 5. The molecule has 0 amide bonds. The minimum atomic E-state index is -3.08. The molecule has 0 saturated carbocycles. The van der Waals surface area contributed by atoms with Gasteiger partial charge >= 0.3 is 6.61 Å². The van der Waals surface area contributed by atoms with Crippen LogP contribution in [0.2, 0.25) is 0 Å². The Kier molecular flexibility index (Phi) is 7.96. The van der Waals surface area contributed by atoms with Crippen molar-refractivity contribution in [1.82, 2.24) is 0 Å². The molecule has 0 N–H and O–H groups in total. The third-order valence-electron chi connectivity index (χ3n) is 4.96. The van der Waals surface area contributed by atoms with Crippen LogP contribution in [0.15, 0.2) is 18.2 Å². The van der Waals surface area contributed by atoms with E-state index >= 15 is 0 Å². The Bertz CT molecular complexity index is 600. The molecule has 2 aliphatic rings. The molecule has 8 heteroatoms. The first-order valence-corrected chi connectivity index (χ1v) is 9.77. The summed E-state index contributed by atoms with van der Waals surface area (Å²) >= 11 is 0. The molecule has 28 heavy (non-hydrogen) atoms. The second-order valence-corrected chi connectivity index (χ2v) is 7.22. The minimum absolute atomic E-state index is 0.0703. The van der Waals surface area contributed by atoms with Gasteiger partial charge in [-0.15, -0.1) is 0 Å². The van der Waals surface area contributed by atoms with Crippen LogP contribution in [0.3, 0.4) is 0 Å². The molecule has 0 radical (unpaired) electrons. The zero-order chi connectivity index (χ0) is 19.9. The number of hydrogen-bond acceptors (Lipinski definition) is 5. The number of hydrogen-bond donors (Lipinski definition) is 0. The number of unbranched alkanes of at least 4 members (excludes halogenated alkanes) is 2. The first kappa shape index (κ1) is 21.4. The van der Waals surface area contributed by atoms with E-state index in [-0.39, 0.29) is 12.2 Å². The van der Waals surface area contributed by atoms with Crippen LogP contribution in [0.1, 0.15) is 44.5 Å². The Morgan fingerprint density at radius 3 is 2.36 bits per heavy atom. The van der Waals surface area contributed by atoms with Gasteiger partial charge in [0.2, 0.25) is 0 Å². The summed E-state index contributed by atoms with van der Waals surface area (Å²) in [5, 5.41) is 0. The van der Waals surface area contributed by atoms with Gasteiger partial charge in [0.1, 0.15) is 0 Å². The van der Waals surface area contributed by atoms with Crippen LogP contribution in [0.25, 0.3) is 0 Å². The molecule has 0 bridgehead atoms. The third kappa shape index (κ3) is 5.83. The minimum Gasteiger partial charge on any atom is -0.432 e.